The number of rotatable bonds is 6. The van der Waals surface area contributed by atoms with Gasteiger partial charge in [0.05, 0.1) is 5.02 Å². The average molecular weight is 408 g/mol. The van der Waals surface area contributed by atoms with Gasteiger partial charge in [-0.15, -0.1) is 0 Å². The van der Waals surface area contributed by atoms with Crippen LogP contribution in [0.4, 0.5) is 5.69 Å². The molecule has 0 saturated carbocycles. The fraction of sp³-hybridized carbons (Fsp3) is 0.300. The molecule has 0 bridgehead atoms. The number of hydrogen-bond donors (Lipinski definition) is 1. The molecule has 1 aliphatic carbocycles. The maximum Gasteiger partial charge on any atom is 0.347 e. The van der Waals surface area contributed by atoms with Crippen LogP contribution in [0.25, 0.3) is 0 Å². The lowest BCUT2D eigenvalue weighted by molar-refractivity contribution is -0.153. The van der Waals surface area contributed by atoms with Gasteiger partial charge in [-0.3, -0.25) is 4.79 Å². The Balaban J connectivity index is 1.48. The van der Waals surface area contributed by atoms with Crippen LogP contribution in [0.2, 0.25) is 10.0 Å². The maximum atomic E-state index is 12.0. The van der Waals surface area contributed by atoms with Crippen LogP contribution in [-0.2, 0) is 27.2 Å². The molecular weight excluding hydrogens is 389 g/mol. The van der Waals surface area contributed by atoms with Crippen molar-refractivity contribution in [2.75, 3.05) is 11.9 Å². The van der Waals surface area contributed by atoms with Gasteiger partial charge in [0.15, 0.2) is 12.7 Å². The first-order chi connectivity index (χ1) is 12.9. The molecule has 1 atom stereocenters. The standard InChI is InChI=1S/C20H19Cl2NO4/c1-12(27-18-8-6-15(21)10-17(18)22)20(25)26-11-19(24)23-16-7-5-13-3-2-4-14(13)9-16/h5-10,12H,2-4,11H2,1H3,(H,23,24). The van der Waals surface area contributed by atoms with Gasteiger partial charge in [-0.25, -0.2) is 4.79 Å². The number of esters is 1. The van der Waals surface area contributed by atoms with Gasteiger partial charge in [0.2, 0.25) is 0 Å². The lowest BCUT2D eigenvalue weighted by Crippen LogP contribution is -2.29. The minimum absolute atomic E-state index is 0.288. The molecule has 1 N–H and O–H groups in total. The Kier molecular flexibility index (Phi) is 6.24. The van der Waals surface area contributed by atoms with Gasteiger partial charge >= 0.3 is 5.97 Å². The van der Waals surface area contributed by atoms with E-state index in [1.165, 1.54) is 24.1 Å². The summed E-state index contributed by atoms with van der Waals surface area (Å²) in [6, 6.07) is 10.5. The zero-order valence-electron chi connectivity index (χ0n) is 14.8. The van der Waals surface area contributed by atoms with E-state index in [1.807, 2.05) is 18.2 Å². The maximum absolute atomic E-state index is 12.0. The fourth-order valence-electron chi connectivity index (χ4n) is 2.91. The molecule has 0 heterocycles. The third kappa shape index (κ3) is 5.15. The molecule has 1 unspecified atom stereocenters. The van der Waals surface area contributed by atoms with Crippen molar-refractivity contribution in [3.63, 3.8) is 0 Å². The second-order valence-corrected chi connectivity index (χ2v) is 7.17. The number of amides is 1. The highest BCUT2D eigenvalue weighted by Gasteiger charge is 2.19. The first kappa shape index (κ1) is 19.5. The minimum Gasteiger partial charge on any atom is -0.477 e. The highest BCUT2D eigenvalue weighted by Crippen LogP contribution is 2.28. The van der Waals surface area contributed by atoms with Crippen LogP contribution in [0.3, 0.4) is 0 Å². The molecule has 1 amide bonds. The number of anilines is 1. The Hall–Kier alpha value is -2.24. The number of fused-ring (bicyclic) bond motifs is 1. The van der Waals surface area contributed by atoms with Crippen LogP contribution in [-0.4, -0.2) is 24.6 Å². The van der Waals surface area contributed by atoms with E-state index in [2.05, 4.69) is 5.32 Å². The van der Waals surface area contributed by atoms with Crippen LogP contribution in [0.15, 0.2) is 36.4 Å². The number of halogens is 2. The van der Waals surface area contributed by atoms with Gasteiger partial charge in [-0.1, -0.05) is 29.3 Å². The topological polar surface area (TPSA) is 64.6 Å². The van der Waals surface area contributed by atoms with Crippen molar-refractivity contribution in [1.29, 1.82) is 0 Å². The van der Waals surface area contributed by atoms with Crippen LogP contribution < -0.4 is 10.1 Å². The molecule has 142 valence electrons. The number of carbonyl (C=O) groups is 2. The molecule has 7 heteroatoms. The second kappa shape index (κ2) is 8.63. The Morgan fingerprint density at radius 1 is 1.11 bits per heavy atom. The van der Waals surface area contributed by atoms with Gasteiger partial charge < -0.3 is 14.8 Å². The normalized spacial score (nSPS) is 13.6. The van der Waals surface area contributed by atoms with E-state index in [4.69, 9.17) is 32.7 Å². The largest absolute Gasteiger partial charge is 0.477 e. The number of hydrogen-bond acceptors (Lipinski definition) is 4. The third-order valence-corrected chi connectivity index (χ3v) is 4.79. The fourth-order valence-corrected chi connectivity index (χ4v) is 3.36. The average Bonchev–Trinajstić information content (AvgIpc) is 3.09. The number of aryl methyl sites for hydroxylation is 2. The van der Waals surface area contributed by atoms with Crippen molar-refractivity contribution >= 4 is 40.8 Å². The van der Waals surface area contributed by atoms with Crippen LogP contribution >= 0.6 is 23.2 Å². The molecule has 2 aromatic carbocycles. The lowest BCUT2D eigenvalue weighted by Gasteiger charge is -2.15. The Morgan fingerprint density at radius 3 is 2.67 bits per heavy atom. The van der Waals surface area contributed by atoms with E-state index in [1.54, 1.807) is 12.1 Å². The highest BCUT2D eigenvalue weighted by atomic mass is 35.5. The molecule has 3 rings (SSSR count). The van der Waals surface area contributed by atoms with E-state index >= 15 is 0 Å². The summed E-state index contributed by atoms with van der Waals surface area (Å²) in [5, 5.41) is 3.49. The summed E-state index contributed by atoms with van der Waals surface area (Å²) >= 11 is 11.8. The van der Waals surface area contributed by atoms with Crippen molar-refractivity contribution in [3.8, 4) is 5.75 Å². The summed E-state index contributed by atoms with van der Waals surface area (Å²) in [7, 11) is 0. The quantitative estimate of drug-likeness (QED) is 0.719. The van der Waals surface area contributed by atoms with Crippen LogP contribution in [0, 0.1) is 0 Å². The van der Waals surface area contributed by atoms with Gasteiger partial charge in [0.25, 0.3) is 5.91 Å². The summed E-state index contributed by atoms with van der Waals surface area (Å²) in [4.78, 5) is 24.1. The van der Waals surface area contributed by atoms with E-state index in [0.717, 1.165) is 19.3 Å². The van der Waals surface area contributed by atoms with Crippen molar-refractivity contribution < 1.29 is 19.1 Å². The highest BCUT2D eigenvalue weighted by molar-refractivity contribution is 6.35. The molecule has 5 nitrogen and oxygen atoms in total. The molecule has 1 aliphatic rings. The first-order valence-electron chi connectivity index (χ1n) is 8.62. The van der Waals surface area contributed by atoms with Crippen molar-refractivity contribution in [3.05, 3.63) is 57.6 Å². The van der Waals surface area contributed by atoms with E-state index < -0.39 is 24.6 Å². The van der Waals surface area contributed by atoms with Crippen molar-refractivity contribution in [2.45, 2.75) is 32.3 Å². The minimum atomic E-state index is -0.920. The van der Waals surface area contributed by atoms with Gasteiger partial charge in [0, 0.05) is 10.7 Å². The van der Waals surface area contributed by atoms with E-state index in [-0.39, 0.29) is 5.02 Å². The molecule has 0 aliphatic heterocycles. The molecular formula is C20H19Cl2NO4. The lowest BCUT2D eigenvalue weighted by atomic mass is 10.1. The van der Waals surface area contributed by atoms with Gasteiger partial charge in [-0.2, -0.15) is 0 Å². The summed E-state index contributed by atoms with van der Waals surface area (Å²) in [5.74, 6) is -0.753. The third-order valence-electron chi connectivity index (χ3n) is 4.26. The molecule has 0 fully saturated rings. The second-order valence-electron chi connectivity index (χ2n) is 6.33. The van der Waals surface area contributed by atoms with Crippen molar-refractivity contribution in [2.24, 2.45) is 0 Å². The predicted molar refractivity (Wildman–Crippen MR) is 105 cm³/mol. The van der Waals surface area contributed by atoms with Crippen molar-refractivity contribution in [1.82, 2.24) is 0 Å². The SMILES string of the molecule is CC(Oc1ccc(Cl)cc1Cl)C(=O)OCC(=O)Nc1ccc2c(c1)CCC2. The molecule has 2 aromatic rings. The molecule has 27 heavy (non-hydrogen) atoms. The Bertz CT molecular complexity index is 869. The monoisotopic (exact) mass is 407 g/mol. The zero-order chi connectivity index (χ0) is 19.4. The smallest absolute Gasteiger partial charge is 0.347 e. The predicted octanol–water partition coefficient (Wildman–Crippen LogP) is 4.43. The zero-order valence-corrected chi connectivity index (χ0v) is 16.3. The summed E-state index contributed by atoms with van der Waals surface area (Å²) in [6.45, 7) is 1.13. The number of carbonyl (C=O) groups excluding carboxylic acids is 2. The first-order valence-corrected chi connectivity index (χ1v) is 9.38. The van der Waals surface area contributed by atoms with E-state index in [0.29, 0.717) is 16.5 Å². The van der Waals surface area contributed by atoms with Crippen LogP contribution in [0.1, 0.15) is 24.5 Å². The Labute approximate surface area is 167 Å². The number of nitrogens with one attached hydrogen (secondary N) is 1. The van der Waals surface area contributed by atoms with Gasteiger partial charge in [-0.05, 0) is 67.6 Å². The number of ether oxygens (including phenoxy) is 2. The number of benzene rings is 2. The summed E-state index contributed by atoms with van der Waals surface area (Å²) < 4.78 is 10.5. The summed E-state index contributed by atoms with van der Waals surface area (Å²) in [6.07, 6.45) is 2.32. The molecule has 0 aromatic heterocycles. The van der Waals surface area contributed by atoms with Crippen LogP contribution in [0.5, 0.6) is 5.75 Å². The Morgan fingerprint density at radius 2 is 1.89 bits per heavy atom. The van der Waals surface area contributed by atoms with Gasteiger partial charge in [0.1, 0.15) is 5.75 Å². The molecule has 0 saturated heterocycles. The molecule has 0 radical (unpaired) electrons. The molecule has 0 spiro atoms. The van der Waals surface area contributed by atoms with E-state index in [9.17, 15) is 9.59 Å². The summed E-state index contributed by atoms with van der Waals surface area (Å²) in [5.41, 5.74) is 3.28.